The summed E-state index contributed by atoms with van der Waals surface area (Å²) in [5.74, 6) is 0. The van der Waals surface area contributed by atoms with Gasteiger partial charge in [0.05, 0.1) is 16.8 Å². The van der Waals surface area contributed by atoms with E-state index in [-0.39, 0.29) is 0 Å². The maximum Gasteiger partial charge on any atom is 0.137 e. The van der Waals surface area contributed by atoms with E-state index >= 15 is 0 Å². The van der Waals surface area contributed by atoms with Gasteiger partial charge in [-0.15, -0.1) is 0 Å². The summed E-state index contributed by atoms with van der Waals surface area (Å²) in [4.78, 5) is 4.75. The summed E-state index contributed by atoms with van der Waals surface area (Å²) in [6, 6.07) is 68.6. The Morgan fingerprint density at radius 2 is 0.857 bits per heavy atom. The van der Waals surface area contributed by atoms with Gasteiger partial charge in [-0.05, 0) is 94.7 Å². The molecule has 3 nitrogen and oxygen atoms in total. The van der Waals surface area contributed by atoms with Crippen LogP contribution >= 0.6 is 0 Å². The van der Waals surface area contributed by atoms with Gasteiger partial charge in [-0.1, -0.05) is 121 Å². The van der Waals surface area contributed by atoms with Crippen molar-refractivity contribution in [2.75, 3.05) is 9.80 Å². The minimum atomic E-state index is 0.840. The molecule has 0 atom stereocenters. The normalized spacial score (nSPS) is 11.3. The molecule has 0 bridgehead atoms. The van der Waals surface area contributed by atoms with Gasteiger partial charge in [0.15, 0.2) is 0 Å². The Labute approximate surface area is 285 Å². The molecule has 8 aromatic carbocycles. The quantitative estimate of drug-likeness (QED) is 0.175. The zero-order chi connectivity index (χ0) is 32.6. The molecule has 0 spiro atoms. The average molecular weight is 629 g/mol. The second kappa shape index (κ2) is 12.2. The van der Waals surface area contributed by atoms with Gasteiger partial charge >= 0.3 is 0 Å². The number of anilines is 6. The first kappa shape index (κ1) is 28.6. The van der Waals surface area contributed by atoms with Crippen LogP contribution in [0.2, 0.25) is 0 Å². The van der Waals surface area contributed by atoms with E-state index < -0.39 is 0 Å². The van der Waals surface area contributed by atoms with Gasteiger partial charge in [0.25, 0.3) is 0 Å². The number of nitrogens with zero attached hydrogens (tertiary/aromatic N) is 2. The van der Waals surface area contributed by atoms with Crippen LogP contribution in [-0.4, -0.2) is 0 Å². The highest BCUT2D eigenvalue weighted by Crippen LogP contribution is 2.51. The van der Waals surface area contributed by atoms with Gasteiger partial charge in [0, 0.05) is 28.1 Å². The molecule has 0 saturated carbocycles. The van der Waals surface area contributed by atoms with E-state index in [9.17, 15) is 0 Å². The molecule has 9 aromatic rings. The van der Waals surface area contributed by atoms with Gasteiger partial charge < -0.3 is 14.2 Å². The molecule has 0 aliphatic rings. The molecule has 1 heterocycles. The van der Waals surface area contributed by atoms with Crippen molar-refractivity contribution >= 4 is 66.8 Å². The van der Waals surface area contributed by atoms with Gasteiger partial charge in [-0.3, -0.25) is 0 Å². The molecule has 0 fully saturated rings. The lowest BCUT2D eigenvalue weighted by atomic mass is 10.0. The number of rotatable bonds is 7. The highest BCUT2D eigenvalue weighted by Gasteiger charge is 2.27. The van der Waals surface area contributed by atoms with Crippen molar-refractivity contribution in [3.8, 4) is 11.1 Å². The Bertz CT molecular complexity index is 2500. The van der Waals surface area contributed by atoms with Crippen molar-refractivity contribution < 1.29 is 4.42 Å². The zero-order valence-corrected chi connectivity index (χ0v) is 26.8. The smallest absolute Gasteiger partial charge is 0.137 e. The molecule has 0 aliphatic heterocycles. The van der Waals surface area contributed by atoms with Crippen molar-refractivity contribution in [1.82, 2.24) is 0 Å². The topological polar surface area (TPSA) is 19.6 Å². The third-order valence-electron chi connectivity index (χ3n) is 9.17. The molecule has 0 saturated heterocycles. The molecule has 1 aromatic heterocycles. The van der Waals surface area contributed by atoms with Crippen molar-refractivity contribution in [2.45, 2.75) is 0 Å². The highest BCUT2D eigenvalue weighted by atomic mass is 16.3. The van der Waals surface area contributed by atoms with Crippen LogP contribution in [0, 0.1) is 0 Å². The standard InChI is InChI=1S/C46H32N2O/c1-5-16-33(17-6-1)34-20-15-27-40(30-34)47(37-21-7-2-8-22-37)42-28-29-43-45(41-31-35-18-13-14-19-36(35)32-44(41)49-43)46(42)48(38-23-9-3-10-24-38)39-25-11-4-12-26-39/h1-32H. The van der Waals surface area contributed by atoms with E-state index in [1.165, 1.54) is 10.9 Å². The number of benzene rings is 8. The van der Waals surface area contributed by atoms with Crippen LogP contribution in [0.4, 0.5) is 34.1 Å². The van der Waals surface area contributed by atoms with E-state index in [2.05, 4.69) is 204 Å². The number of para-hydroxylation sites is 3. The van der Waals surface area contributed by atoms with Gasteiger partial charge in [0.1, 0.15) is 11.2 Å². The fourth-order valence-electron chi connectivity index (χ4n) is 6.95. The molecule has 0 amide bonds. The number of hydrogen-bond donors (Lipinski definition) is 0. The lowest BCUT2D eigenvalue weighted by Gasteiger charge is -2.33. The van der Waals surface area contributed by atoms with Crippen molar-refractivity contribution in [2.24, 2.45) is 0 Å². The zero-order valence-electron chi connectivity index (χ0n) is 26.8. The first-order valence-electron chi connectivity index (χ1n) is 16.6. The van der Waals surface area contributed by atoms with Crippen LogP contribution in [0.25, 0.3) is 43.8 Å². The van der Waals surface area contributed by atoms with Crippen LogP contribution in [-0.2, 0) is 0 Å². The van der Waals surface area contributed by atoms with Gasteiger partial charge in [-0.25, -0.2) is 0 Å². The SMILES string of the molecule is c1ccc(-c2cccc(N(c3ccccc3)c3ccc4oc5cc6ccccc6cc5c4c3N(c3ccccc3)c3ccccc3)c2)cc1. The first-order chi connectivity index (χ1) is 24.3. The fraction of sp³-hybridized carbons (Fsp3) is 0. The van der Waals surface area contributed by atoms with Crippen molar-refractivity contribution in [3.63, 3.8) is 0 Å². The second-order valence-corrected chi connectivity index (χ2v) is 12.2. The summed E-state index contributed by atoms with van der Waals surface area (Å²) >= 11 is 0. The van der Waals surface area contributed by atoms with Crippen LogP contribution in [0.15, 0.2) is 199 Å². The predicted molar refractivity (Wildman–Crippen MR) is 206 cm³/mol. The summed E-state index contributed by atoms with van der Waals surface area (Å²) in [5, 5.41) is 4.47. The minimum Gasteiger partial charge on any atom is -0.456 e. The monoisotopic (exact) mass is 628 g/mol. The second-order valence-electron chi connectivity index (χ2n) is 12.2. The van der Waals surface area contributed by atoms with E-state index in [1.807, 2.05) is 0 Å². The maximum absolute atomic E-state index is 6.70. The molecular weight excluding hydrogens is 597 g/mol. The molecule has 3 heteroatoms. The van der Waals surface area contributed by atoms with E-state index in [0.717, 1.165) is 67.0 Å². The average Bonchev–Trinajstić information content (AvgIpc) is 3.54. The van der Waals surface area contributed by atoms with Crippen LogP contribution < -0.4 is 9.80 Å². The Morgan fingerprint density at radius 1 is 0.347 bits per heavy atom. The molecule has 0 unspecified atom stereocenters. The fourth-order valence-corrected chi connectivity index (χ4v) is 6.95. The molecular formula is C46H32N2O. The molecule has 0 radical (unpaired) electrons. The summed E-state index contributed by atoms with van der Waals surface area (Å²) in [6.45, 7) is 0. The lowest BCUT2D eigenvalue weighted by molar-refractivity contribution is 0.669. The third kappa shape index (κ3) is 5.18. The largest absolute Gasteiger partial charge is 0.456 e. The number of furan rings is 1. The summed E-state index contributed by atoms with van der Waals surface area (Å²) in [5.41, 5.74) is 10.4. The molecule has 0 N–H and O–H groups in total. The number of fused-ring (bicyclic) bond motifs is 4. The molecule has 49 heavy (non-hydrogen) atoms. The van der Waals surface area contributed by atoms with Crippen molar-refractivity contribution in [3.05, 3.63) is 194 Å². The maximum atomic E-state index is 6.70. The van der Waals surface area contributed by atoms with E-state index in [1.54, 1.807) is 0 Å². The Kier molecular flexibility index (Phi) is 7.14. The summed E-state index contributed by atoms with van der Waals surface area (Å²) in [6.07, 6.45) is 0. The number of hydrogen-bond acceptors (Lipinski definition) is 3. The summed E-state index contributed by atoms with van der Waals surface area (Å²) in [7, 11) is 0. The molecule has 9 rings (SSSR count). The molecule has 232 valence electrons. The van der Waals surface area contributed by atoms with Gasteiger partial charge in [-0.2, -0.15) is 0 Å². The van der Waals surface area contributed by atoms with Gasteiger partial charge in [0.2, 0.25) is 0 Å². The van der Waals surface area contributed by atoms with Crippen molar-refractivity contribution in [1.29, 1.82) is 0 Å². The predicted octanol–water partition coefficient (Wildman–Crippen LogP) is 13.3. The first-order valence-corrected chi connectivity index (χ1v) is 16.6. The minimum absolute atomic E-state index is 0.840. The Balaban J connectivity index is 1.41. The summed E-state index contributed by atoms with van der Waals surface area (Å²) < 4.78 is 6.70. The highest BCUT2D eigenvalue weighted by molar-refractivity contribution is 6.19. The third-order valence-corrected chi connectivity index (χ3v) is 9.17. The Hall–Kier alpha value is -6.58. The lowest BCUT2D eigenvalue weighted by Crippen LogP contribution is -2.17. The van der Waals surface area contributed by atoms with Crippen LogP contribution in [0.5, 0.6) is 0 Å². The van der Waals surface area contributed by atoms with Crippen LogP contribution in [0.1, 0.15) is 0 Å². The molecule has 0 aliphatic carbocycles. The Morgan fingerprint density at radius 3 is 1.49 bits per heavy atom. The van der Waals surface area contributed by atoms with Crippen LogP contribution in [0.3, 0.4) is 0 Å². The van der Waals surface area contributed by atoms with E-state index in [0.29, 0.717) is 0 Å². The van der Waals surface area contributed by atoms with E-state index in [4.69, 9.17) is 4.42 Å².